The standard InChI is InChI=1S/C51H31N3O/c1-3-11-32(12-4-1)36-21-22-39-29-41(24-23-37(39)28-36)50-52-49(34-14-5-2-6-15-34)53-51(54-50)46-31-45-44-30-40(38-20-19-33-13-7-8-16-35(33)27-38)25-26-47(44)55-48(45)43-18-10-9-17-42(43)46/h1-31H. The number of furan rings is 1. The Morgan fingerprint density at radius 3 is 1.56 bits per heavy atom. The van der Waals surface area contributed by atoms with Crippen molar-refractivity contribution in [3.05, 3.63) is 188 Å². The molecule has 0 N–H and O–H groups in total. The van der Waals surface area contributed by atoms with E-state index in [1.807, 2.05) is 36.4 Å². The second-order valence-electron chi connectivity index (χ2n) is 14.0. The lowest BCUT2D eigenvalue weighted by atomic mass is 9.97. The first-order chi connectivity index (χ1) is 27.2. The van der Waals surface area contributed by atoms with E-state index in [1.54, 1.807) is 0 Å². The molecule has 2 aromatic heterocycles. The molecule has 256 valence electrons. The topological polar surface area (TPSA) is 51.8 Å². The van der Waals surface area contributed by atoms with Crippen molar-refractivity contribution in [1.82, 2.24) is 15.0 Å². The summed E-state index contributed by atoms with van der Waals surface area (Å²) in [7, 11) is 0. The molecule has 0 radical (unpaired) electrons. The van der Waals surface area contributed by atoms with Crippen molar-refractivity contribution >= 4 is 54.3 Å². The van der Waals surface area contributed by atoms with Crippen molar-refractivity contribution in [2.75, 3.05) is 0 Å². The second kappa shape index (κ2) is 12.6. The summed E-state index contributed by atoms with van der Waals surface area (Å²) >= 11 is 0. The lowest BCUT2D eigenvalue weighted by Crippen LogP contribution is -2.00. The Labute approximate surface area is 317 Å². The Kier molecular flexibility index (Phi) is 7.14. The summed E-state index contributed by atoms with van der Waals surface area (Å²) < 4.78 is 6.63. The van der Waals surface area contributed by atoms with Gasteiger partial charge in [0.1, 0.15) is 11.2 Å². The van der Waals surface area contributed by atoms with E-state index in [4.69, 9.17) is 19.4 Å². The van der Waals surface area contributed by atoms with Crippen molar-refractivity contribution < 1.29 is 4.42 Å². The zero-order valence-electron chi connectivity index (χ0n) is 29.6. The molecule has 0 saturated heterocycles. The van der Waals surface area contributed by atoms with E-state index in [0.717, 1.165) is 71.3 Å². The molecule has 0 bridgehead atoms. The lowest BCUT2D eigenvalue weighted by Gasteiger charge is -2.11. The van der Waals surface area contributed by atoms with Gasteiger partial charge in [-0.05, 0) is 85.6 Å². The SMILES string of the molecule is c1ccc(-c2ccc3cc(-c4nc(-c5ccccc5)nc(-c5cc6c7cc(-c8ccc9ccccc9c8)ccc7oc6c6ccccc56)n4)ccc3c2)cc1. The molecule has 4 heteroatoms. The van der Waals surface area contributed by atoms with E-state index in [0.29, 0.717) is 17.5 Å². The minimum absolute atomic E-state index is 0.613. The number of benzene rings is 9. The van der Waals surface area contributed by atoms with Crippen molar-refractivity contribution in [3.63, 3.8) is 0 Å². The summed E-state index contributed by atoms with van der Waals surface area (Å²) in [4.78, 5) is 15.5. The highest BCUT2D eigenvalue weighted by Gasteiger charge is 2.19. The Morgan fingerprint density at radius 2 is 0.800 bits per heavy atom. The van der Waals surface area contributed by atoms with E-state index in [-0.39, 0.29) is 0 Å². The monoisotopic (exact) mass is 701 g/mol. The average Bonchev–Trinajstić information content (AvgIpc) is 3.64. The average molecular weight is 702 g/mol. The van der Waals surface area contributed by atoms with Crippen LogP contribution in [-0.4, -0.2) is 15.0 Å². The van der Waals surface area contributed by atoms with E-state index in [1.165, 1.54) is 21.9 Å². The van der Waals surface area contributed by atoms with Crippen LogP contribution in [0.2, 0.25) is 0 Å². The maximum atomic E-state index is 6.63. The van der Waals surface area contributed by atoms with Crippen LogP contribution in [0.3, 0.4) is 0 Å². The minimum atomic E-state index is 0.613. The van der Waals surface area contributed by atoms with Gasteiger partial charge in [0.25, 0.3) is 0 Å². The molecule has 9 aromatic carbocycles. The van der Waals surface area contributed by atoms with E-state index < -0.39 is 0 Å². The highest BCUT2D eigenvalue weighted by molar-refractivity contribution is 6.19. The van der Waals surface area contributed by atoms with Gasteiger partial charge >= 0.3 is 0 Å². The molecule has 11 rings (SSSR count). The van der Waals surface area contributed by atoms with E-state index >= 15 is 0 Å². The number of rotatable bonds is 5. The van der Waals surface area contributed by atoms with Crippen LogP contribution in [0.25, 0.3) is 111 Å². The van der Waals surface area contributed by atoms with Gasteiger partial charge in [0.2, 0.25) is 0 Å². The molecular weight excluding hydrogens is 671 g/mol. The Hall–Kier alpha value is -7.43. The third-order valence-corrected chi connectivity index (χ3v) is 10.7. The number of fused-ring (bicyclic) bond motifs is 7. The molecule has 0 fully saturated rings. The van der Waals surface area contributed by atoms with Gasteiger partial charge in [-0.1, -0.05) is 152 Å². The van der Waals surface area contributed by atoms with Gasteiger partial charge in [-0.25, -0.2) is 15.0 Å². The van der Waals surface area contributed by atoms with Crippen LogP contribution in [0.5, 0.6) is 0 Å². The van der Waals surface area contributed by atoms with Crippen LogP contribution in [-0.2, 0) is 0 Å². The van der Waals surface area contributed by atoms with Crippen LogP contribution in [0.1, 0.15) is 0 Å². The zero-order chi connectivity index (χ0) is 36.3. The normalized spacial score (nSPS) is 11.6. The molecule has 4 nitrogen and oxygen atoms in total. The molecule has 0 amide bonds. The van der Waals surface area contributed by atoms with E-state index in [2.05, 4.69) is 152 Å². The number of hydrogen-bond donors (Lipinski definition) is 0. The Bertz CT molecular complexity index is 3260. The van der Waals surface area contributed by atoms with Gasteiger partial charge in [-0.2, -0.15) is 0 Å². The van der Waals surface area contributed by atoms with Crippen molar-refractivity contribution in [2.24, 2.45) is 0 Å². The molecule has 11 aromatic rings. The largest absolute Gasteiger partial charge is 0.455 e. The fraction of sp³-hybridized carbons (Fsp3) is 0. The van der Waals surface area contributed by atoms with E-state index in [9.17, 15) is 0 Å². The third-order valence-electron chi connectivity index (χ3n) is 10.7. The molecule has 0 spiro atoms. The van der Waals surface area contributed by atoms with Crippen LogP contribution in [0, 0.1) is 0 Å². The van der Waals surface area contributed by atoms with Crippen LogP contribution < -0.4 is 0 Å². The summed E-state index contributed by atoms with van der Waals surface area (Å²) in [6.45, 7) is 0. The summed E-state index contributed by atoms with van der Waals surface area (Å²) in [5.74, 6) is 1.86. The molecule has 0 aliphatic heterocycles. The van der Waals surface area contributed by atoms with Crippen LogP contribution in [0.15, 0.2) is 192 Å². The van der Waals surface area contributed by atoms with Crippen molar-refractivity contribution in [3.8, 4) is 56.4 Å². The maximum absolute atomic E-state index is 6.63. The van der Waals surface area contributed by atoms with Gasteiger partial charge in [0.05, 0.1) is 0 Å². The smallest absolute Gasteiger partial charge is 0.164 e. The van der Waals surface area contributed by atoms with Gasteiger partial charge in [0.15, 0.2) is 17.5 Å². The third kappa shape index (κ3) is 5.43. The second-order valence-corrected chi connectivity index (χ2v) is 14.0. The van der Waals surface area contributed by atoms with Crippen LogP contribution >= 0.6 is 0 Å². The van der Waals surface area contributed by atoms with Gasteiger partial charge in [-0.3, -0.25) is 0 Å². The number of nitrogens with zero attached hydrogens (tertiary/aromatic N) is 3. The summed E-state index contributed by atoms with van der Waals surface area (Å²) in [5.41, 5.74) is 9.17. The van der Waals surface area contributed by atoms with Crippen molar-refractivity contribution in [1.29, 1.82) is 0 Å². The number of hydrogen-bond acceptors (Lipinski definition) is 4. The van der Waals surface area contributed by atoms with Gasteiger partial charge in [-0.15, -0.1) is 0 Å². The lowest BCUT2D eigenvalue weighted by molar-refractivity contribution is 0.673. The molecule has 2 heterocycles. The Balaban J connectivity index is 1.10. The fourth-order valence-corrected chi connectivity index (χ4v) is 7.87. The minimum Gasteiger partial charge on any atom is -0.455 e. The molecule has 55 heavy (non-hydrogen) atoms. The maximum Gasteiger partial charge on any atom is 0.164 e. The predicted octanol–water partition coefficient (Wildman–Crippen LogP) is 13.6. The molecular formula is C51H31N3O. The highest BCUT2D eigenvalue weighted by Crippen LogP contribution is 2.41. The highest BCUT2D eigenvalue weighted by atomic mass is 16.3. The quantitative estimate of drug-likeness (QED) is 0.179. The summed E-state index contributed by atoms with van der Waals surface area (Å²) in [6, 6.07) is 65.9. The molecule has 0 unspecified atom stereocenters. The zero-order valence-corrected chi connectivity index (χ0v) is 29.6. The summed E-state index contributed by atoms with van der Waals surface area (Å²) in [5, 5.41) is 8.84. The first-order valence-corrected chi connectivity index (χ1v) is 18.5. The van der Waals surface area contributed by atoms with Gasteiger partial charge in [0, 0.05) is 32.8 Å². The summed E-state index contributed by atoms with van der Waals surface area (Å²) in [6.07, 6.45) is 0. The first kappa shape index (κ1) is 31.1. The van der Waals surface area contributed by atoms with Crippen molar-refractivity contribution in [2.45, 2.75) is 0 Å². The fourth-order valence-electron chi connectivity index (χ4n) is 7.87. The Morgan fingerprint density at radius 1 is 0.291 bits per heavy atom. The van der Waals surface area contributed by atoms with Crippen LogP contribution in [0.4, 0.5) is 0 Å². The molecule has 0 saturated carbocycles. The number of aromatic nitrogens is 3. The van der Waals surface area contributed by atoms with Gasteiger partial charge < -0.3 is 4.42 Å². The first-order valence-electron chi connectivity index (χ1n) is 18.5. The molecule has 0 aliphatic carbocycles. The molecule has 0 aliphatic rings. The molecule has 0 atom stereocenters. The predicted molar refractivity (Wildman–Crippen MR) is 227 cm³/mol.